The molecule has 1 aliphatic heterocycles. The molecule has 0 fully saturated rings. The van der Waals surface area contributed by atoms with Crippen molar-refractivity contribution >= 4 is 40.7 Å². The highest BCUT2D eigenvalue weighted by Crippen LogP contribution is 2.35. The highest BCUT2D eigenvalue weighted by Gasteiger charge is 2.35. The summed E-state index contributed by atoms with van der Waals surface area (Å²) in [6, 6.07) is 19.4. The van der Waals surface area contributed by atoms with Gasteiger partial charge in [0.1, 0.15) is 11.6 Å². The third kappa shape index (κ3) is 5.30. The third-order valence-corrected chi connectivity index (χ3v) is 7.39. The maximum atomic E-state index is 13.9. The summed E-state index contributed by atoms with van der Waals surface area (Å²) < 4.78 is 26.7. The van der Waals surface area contributed by atoms with E-state index < -0.39 is 17.8 Å². The van der Waals surface area contributed by atoms with Gasteiger partial charge in [0.05, 0.1) is 40.1 Å². The highest BCUT2D eigenvalue weighted by atomic mass is 35.5. The molecule has 39 heavy (non-hydrogen) atoms. The van der Waals surface area contributed by atoms with Crippen molar-refractivity contribution < 1.29 is 18.7 Å². The smallest absolute Gasteiger partial charge is 0.338 e. The van der Waals surface area contributed by atoms with Gasteiger partial charge in [-0.15, -0.1) is 0 Å². The minimum Gasteiger partial charge on any atom is -0.492 e. The van der Waals surface area contributed by atoms with Crippen molar-refractivity contribution in [1.82, 2.24) is 4.57 Å². The predicted molar refractivity (Wildman–Crippen MR) is 150 cm³/mol. The summed E-state index contributed by atoms with van der Waals surface area (Å²) in [4.78, 5) is 32.5. The Morgan fingerprint density at radius 1 is 1.08 bits per heavy atom. The molecule has 3 aromatic carbocycles. The summed E-state index contributed by atoms with van der Waals surface area (Å²) in [5, 5.41) is 0.429. The van der Waals surface area contributed by atoms with Gasteiger partial charge in [-0.3, -0.25) is 9.36 Å². The van der Waals surface area contributed by atoms with Crippen LogP contribution in [0.5, 0.6) is 5.75 Å². The lowest BCUT2D eigenvalue weighted by molar-refractivity contribution is -0.138. The molecule has 6 nitrogen and oxygen atoms in total. The Labute approximate surface area is 232 Å². The van der Waals surface area contributed by atoms with E-state index in [1.54, 1.807) is 37.3 Å². The number of thiazole rings is 1. The van der Waals surface area contributed by atoms with Crippen LogP contribution in [0.25, 0.3) is 11.8 Å². The van der Waals surface area contributed by atoms with E-state index in [1.807, 2.05) is 43.3 Å². The summed E-state index contributed by atoms with van der Waals surface area (Å²) in [5.41, 5.74) is 2.23. The number of nitrogens with zero attached hydrogens (tertiary/aromatic N) is 2. The Kier molecular flexibility index (Phi) is 7.77. The maximum Gasteiger partial charge on any atom is 0.338 e. The van der Waals surface area contributed by atoms with Gasteiger partial charge in [-0.1, -0.05) is 71.5 Å². The Hall–Kier alpha value is -4.01. The van der Waals surface area contributed by atoms with Gasteiger partial charge in [-0.05, 0) is 55.3 Å². The van der Waals surface area contributed by atoms with Crippen LogP contribution >= 0.6 is 22.9 Å². The van der Waals surface area contributed by atoms with Gasteiger partial charge in [0.25, 0.3) is 5.56 Å². The zero-order valence-corrected chi connectivity index (χ0v) is 22.8. The average Bonchev–Trinajstić information content (AvgIpc) is 3.25. The Morgan fingerprint density at radius 3 is 2.49 bits per heavy atom. The number of ether oxygens (including phenoxy) is 2. The second kappa shape index (κ2) is 11.4. The summed E-state index contributed by atoms with van der Waals surface area (Å²) in [5.74, 6) is -0.467. The molecule has 4 aromatic rings. The number of rotatable bonds is 7. The second-order valence-electron chi connectivity index (χ2n) is 8.61. The Bertz CT molecular complexity index is 1740. The van der Waals surface area contributed by atoms with Crippen LogP contribution in [0.15, 0.2) is 88.2 Å². The maximum absolute atomic E-state index is 13.9. The molecule has 1 aromatic heterocycles. The molecule has 2 heterocycles. The minimum atomic E-state index is -0.873. The molecule has 0 unspecified atom stereocenters. The molecular formula is C30H24ClFN2O4S. The first kappa shape index (κ1) is 26.6. The van der Waals surface area contributed by atoms with E-state index in [0.717, 1.165) is 0 Å². The van der Waals surface area contributed by atoms with Gasteiger partial charge in [-0.2, -0.15) is 0 Å². The average molecular weight is 563 g/mol. The van der Waals surface area contributed by atoms with Crippen LogP contribution in [0, 0.1) is 5.82 Å². The Morgan fingerprint density at radius 2 is 1.82 bits per heavy atom. The van der Waals surface area contributed by atoms with E-state index in [2.05, 4.69) is 0 Å². The molecule has 0 bridgehead atoms. The fourth-order valence-corrected chi connectivity index (χ4v) is 5.68. The molecule has 0 saturated carbocycles. The van der Waals surface area contributed by atoms with E-state index in [4.69, 9.17) is 26.1 Å². The van der Waals surface area contributed by atoms with Crippen LogP contribution in [0.1, 0.15) is 36.6 Å². The summed E-state index contributed by atoms with van der Waals surface area (Å²) >= 11 is 7.57. The van der Waals surface area contributed by atoms with Crippen molar-refractivity contribution in [2.24, 2.45) is 4.99 Å². The van der Waals surface area contributed by atoms with E-state index in [-0.39, 0.29) is 17.7 Å². The second-order valence-corrected chi connectivity index (χ2v) is 10.0. The molecule has 198 valence electrons. The largest absolute Gasteiger partial charge is 0.492 e. The minimum absolute atomic E-state index is 0.142. The number of esters is 1. The third-order valence-electron chi connectivity index (χ3n) is 6.11. The summed E-state index contributed by atoms with van der Waals surface area (Å²) in [6.07, 6.45) is 1.73. The molecule has 1 aliphatic rings. The molecule has 5 rings (SSSR count). The molecule has 0 radical (unpaired) electrons. The first-order chi connectivity index (χ1) is 18.9. The Balaban J connectivity index is 1.77. The summed E-state index contributed by atoms with van der Waals surface area (Å²) in [7, 11) is 0. The lowest BCUT2D eigenvalue weighted by Crippen LogP contribution is -2.40. The van der Waals surface area contributed by atoms with Crippen molar-refractivity contribution in [2.75, 3.05) is 13.2 Å². The number of hydrogen-bond donors (Lipinski definition) is 0. The van der Waals surface area contributed by atoms with Crippen LogP contribution in [-0.4, -0.2) is 23.8 Å². The quantitative estimate of drug-likeness (QED) is 0.293. The zero-order valence-electron chi connectivity index (χ0n) is 21.2. The number of halogens is 2. The molecule has 9 heteroatoms. The lowest BCUT2D eigenvalue weighted by Gasteiger charge is -2.25. The van der Waals surface area contributed by atoms with Gasteiger partial charge in [0.2, 0.25) is 0 Å². The van der Waals surface area contributed by atoms with Crippen molar-refractivity contribution in [2.45, 2.75) is 19.9 Å². The molecule has 0 spiro atoms. The van der Waals surface area contributed by atoms with Gasteiger partial charge >= 0.3 is 5.97 Å². The SMILES string of the molecule is CCOC(=O)C1=C(c2ccccc2)N=c2s/c(=C\c3ccc(OCC)c(Cl)c3)c(=O)n2[C@H]1c1ccc(F)cc1. The van der Waals surface area contributed by atoms with E-state index in [9.17, 15) is 14.0 Å². The number of fused-ring (bicyclic) bond motifs is 1. The number of carbonyl (C=O) groups excluding carboxylic acids is 1. The van der Waals surface area contributed by atoms with Crippen LogP contribution in [0.3, 0.4) is 0 Å². The van der Waals surface area contributed by atoms with E-state index in [1.165, 1.54) is 28.0 Å². The number of aromatic nitrogens is 1. The monoisotopic (exact) mass is 562 g/mol. The first-order valence-corrected chi connectivity index (χ1v) is 13.6. The van der Waals surface area contributed by atoms with Crippen LogP contribution in [0.4, 0.5) is 4.39 Å². The van der Waals surface area contributed by atoms with Crippen molar-refractivity contribution in [3.8, 4) is 5.75 Å². The van der Waals surface area contributed by atoms with Crippen LogP contribution < -0.4 is 19.6 Å². The molecule has 1 atom stereocenters. The number of carbonyl (C=O) groups is 1. The summed E-state index contributed by atoms with van der Waals surface area (Å²) in [6.45, 7) is 4.21. The predicted octanol–water partition coefficient (Wildman–Crippen LogP) is 5.13. The standard InChI is InChI=1S/C30H24ClFN2O4S/c1-3-37-23-15-10-18(16-22(23)31)17-24-28(35)34-27(20-11-13-21(32)14-12-20)25(29(36)38-4-2)26(33-30(34)39-24)19-8-6-5-7-9-19/h5-17,27H,3-4H2,1-2H3/b24-17-/t27-/m0/s1. The highest BCUT2D eigenvalue weighted by molar-refractivity contribution is 7.07. The molecular weight excluding hydrogens is 539 g/mol. The molecule has 0 aliphatic carbocycles. The van der Waals surface area contributed by atoms with Crippen molar-refractivity contribution in [3.63, 3.8) is 0 Å². The molecule has 0 amide bonds. The van der Waals surface area contributed by atoms with Gasteiger partial charge in [-0.25, -0.2) is 14.2 Å². The van der Waals surface area contributed by atoms with Crippen molar-refractivity contribution in [3.05, 3.63) is 126 Å². The molecule has 0 saturated heterocycles. The van der Waals surface area contributed by atoms with Gasteiger partial charge in [0.15, 0.2) is 4.80 Å². The number of benzene rings is 3. The van der Waals surface area contributed by atoms with Gasteiger partial charge < -0.3 is 9.47 Å². The van der Waals surface area contributed by atoms with E-state index in [0.29, 0.717) is 49.1 Å². The topological polar surface area (TPSA) is 69.9 Å². The first-order valence-electron chi connectivity index (χ1n) is 12.4. The lowest BCUT2D eigenvalue weighted by atomic mass is 9.93. The fourth-order valence-electron chi connectivity index (χ4n) is 4.43. The van der Waals surface area contributed by atoms with Gasteiger partial charge in [0, 0.05) is 5.56 Å². The van der Waals surface area contributed by atoms with E-state index >= 15 is 0 Å². The normalized spacial score (nSPS) is 15.1. The van der Waals surface area contributed by atoms with Crippen LogP contribution in [-0.2, 0) is 9.53 Å². The molecule has 0 N–H and O–H groups in total. The fraction of sp³-hybridized carbons (Fsp3) is 0.167. The number of hydrogen-bond acceptors (Lipinski definition) is 6. The van der Waals surface area contributed by atoms with Crippen LogP contribution in [0.2, 0.25) is 5.02 Å². The zero-order chi connectivity index (χ0) is 27.5. The van der Waals surface area contributed by atoms with Crippen molar-refractivity contribution in [1.29, 1.82) is 0 Å².